The maximum absolute atomic E-state index is 12.9. The Balaban J connectivity index is 2.32. The second kappa shape index (κ2) is 5.77. The lowest BCUT2D eigenvalue weighted by atomic mass is 9.89. The number of nitrogens with two attached hydrogens (primary N) is 1. The van der Waals surface area contributed by atoms with Gasteiger partial charge in [-0.1, -0.05) is 11.6 Å². The monoisotopic (exact) mass is 294 g/mol. The largest absolute Gasteiger partial charge is 0.496 e. The number of hydrogen-bond acceptors (Lipinski definition) is 3. The van der Waals surface area contributed by atoms with Gasteiger partial charge in [0.2, 0.25) is 0 Å². The summed E-state index contributed by atoms with van der Waals surface area (Å²) in [6.07, 6.45) is 1.64. The van der Waals surface area contributed by atoms with Crippen molar-refractivity contribution in [3.05, 3.63) is 58.6 Å². The van der Waals surface area contributed by atoms with Gasteiger partial charge in [0.1, 0.15) is 11.6 Å². The van der Waals surface area contributed by atoms with Crippen LogP contribution in [-0.2, 0) is 12.0 Å². The molecule has 20 heavy (non-hydrogen) atoms. The van der Waals surface area contributed by atoms with Crippen LogP contribution in [0.25, 0.3) is 0 Å². The summed E-state index contributed by atoms with van der Waals surface area (Å²) in [5, 5.41) is 0.615. The molecule has 0 fully saturated rings. The van der Waals surface area contributed by atoms with Gasteiger partial charge in [0, 0.05) is 5.02 Å². The predicted octanol–water partition coefficient (Wildman–Crippen LogP) is 3.30. The highest BCUT2D eigenvalue weighted by atomic mass is 35.5. The van der Waals surface area contributed by atoms with Crippen LogP contribution in [0.1, 0.15) is 18.2 Å². The van der Waals surface area contributed by atoms with E-state index in [9.17, 15) is 4.39 Å². The van der Waals surface area contributed by atoms with Crippen molar-refractivity contribution >= 4 is 11.6 Å². The van der Waals surface area contributed by atoms with E-state index >= 15 is 0 Å². The number of rotatable bonds is 4. The molecule has 0 saturated heterocycles. The smallest absolute Gasteiger partial charge is 0.141 e. The maximum atomic E-state index is 12.9. The van der Waals surface area contributed by atoms with E-state index in [2.05, 4.69) is 4.98 Å². The lowest BCUT2D eigenvalue weighted by Gasteiger charge is -2.25. The van der Waals surface area contributed by atoms with Crippen LogP contribution in [0.3, 0.4) is 0 Å². The first-order valence-corrected chi connectivity index (χ1v) is 6.53. The Morgan fingerprint density at radius 1 is 1.35 bits per heavy atom. The summed E-state index contributed by atoms with van der Waals surface area (Å²) < 4.78 is 18.2. The van der Waals surface area contributed by atoms with E-state index < -0.39 is 5.54 Å². The average molecular weight is 295 g/mol. The van der Waals surface area contributed by atoms with Gasteiger partial charge in [-0.3, -0.25) is 4.98 Å². The zero-order valence-electron chi connectivity index (χ0n) is 11.4. The average Bonchev–Trinajstić information content (AvgIpc) is 2.39. The molecule has 1 heterocycles. The molecule has 0 bridgehead atoms. The molecular formula is C15H16ClFN2O. The molecule has 1 aromatic carbocycles. The molecule has 0 radical (unpaired) electrons. The van der Waals surface area contributed by atoms with E-state index in [1.807, 2.05) is 13.0 Å². The lowest BCUT2D eigenvalue weighted by Crippen LogP contribution is -2.36. The summed E-state index contributed by atoms with van der Waals surface area (Å²) in [5.74, 6) is 0.332. The van der Waals surface area contributed by atoms with E-state index in [1.165, 1.54) is 6.07 Å². The molecule has 2 rings (SSSR count). The van der Waals surface area contributed by atoms with Crippen LogP contribution in [0.15, 0.2) is 36.5 Å². The van der Waals surface area contributed by atoms with E-state index in [0.717, 1.165) is 11.8 Å². The van der Waals surface area contributed by atoms with Crippen LogP contribution in [0.5, 0.6) is 5.75 Å². The number of nitrogens with zero attached hydrogens (tertiary/aromatic N) is 1. The summed E-state index contributed by atoms with van der Waals surface area (Å²) in [6, 6.07) is 8.31. The maximum Gasteiger partial charge on any atom is 0.141 e. The summed E-state index contributed by atoms with van der Waals surface area (Å²) in [6.45, 7) is 1.84. The SMILES string of the molecule is COc1ccc(Cl)cc1CC(C)(N)c1ccc(F)cn1. The fraction of sp³-hybridized carbons (Fsp3) is 0.267. The highest BCUT2D eigenvalue weighted by Gasteiger charge is 2.25. The first-order valence-electron chi connectivity index (χ1n) is 6.16. The molecule has 2 N–H and O–H groups in total. The molecule has 0 aliphatic carbocycles. The highest BCUT2D eigenvalue weighted by Crippen LogP contribution is 2.29. The number of benzene rings is 1. The minimum Gasteiger partial charge on any atom is -0.496 e. The summed E-state index contributed by atoms with van der Waals surface area (Å²) in [4.78, 5) is 4.05. The van der Waals surface area contributed by atoms with Gasteiger partial charge in [-0.25, -0.2) is 4.39 Å². The fourth-order valence-electron chi connectivity index (χ4n) is 2.09. The van der Waals surface area contributed by atoms with Gasteiger partial charge in [-0.05, 0) is 49.2 Å². The van der Waals surface area contributed by atoms with Crippen molar-refractivity contribution in [2.24, 2.45) is 5.73 Å². The van der Waals surface area contributed by atoms with Gasteiger partial charge in [0.05, 0.1) is 24.5 Å². The summed E-state index contributed by atoms with van der Waals surface area (Å²) in [5.41, 5.74) is 7.06. The standard InChI is InChI=1S/C15H16ClFN2O/c1-15(18,14-6-4-12(17)9-19-14)8-10-7-11(16)3-5-13(10)20-2/h3-7,9H,8,18H2,1-2H3. The number of hydrogen-bond donors (Lipinski definition) is 1. The molecule has 0 aliphatic rings. The Bertz CT molecular complexity index is 599. The summed E-state index contributed by atoms with van der Waals surface area (Å²) >= 11 is 6.01. The van der Waals surface area contributed by atoms with Crippen molar-refractivity contribution in [1.29, 1.82) is 0 Å². The van der Waals surface area contributed by atoms with Crippen LogP contribution < -0.4 is 10.5 Å². The van der Waals surface area contributed by atoms with Crippen LogP contribution in [0.4, 0.5) is 4.39 Å². The molecule has 1 aromatic heterocycles. The Labute approximate surface area is 122 Å². The van der Waals surface area contributed by atoms with Gasteiger partial charge in [-0.15, -0.1) is 0 Å². The predicted molar refractivity (Wildman–Crippen MR) is 77.4 cm³/mol. The molecule has 106 valence electrons. The molecule has 2 aromatic rings. The van der Waals surface area contributed by atoms with Gasteiger partial charge in [0.15, 0.2) is 0 Å². The molecular weight excluding hydrogens is 279 g/mol. The van der Waals surface area contributed by atoms with Crippen molar-refractivity contribution in [2.45, 2.75) is 18.9 Å². The van der Waals surface area contributed by atoms with Crippen molar-refractivity contribution < 1.29 is 9.13 Å². The summed E-state index contributed by atoms with van der Waals surface area (Å²) in [7, 11) is 1.59. The number of ether oxygens (including phenoxy) is 1. The van der Waals surface area contributed by atoms with Gasteiger partial charge in [-0.2, -0.15) is 0 Å². The molecule has 1 atom stereocenters. The van der Waals surface area contributed by atoms with Crippen molar-refractivity contribution in [2.75, 3.05) is 7.11 Å². The topological polar surface area (TPSA) is 48.1 Å². The number of methoxy groups -OCH3 is 1. The van der Waals surface area contributed by atoms with Crippen molar-refractivity contribution in [1.82, 2.24) is 4.98 Å². The molecule has 0 aliphatic heterocycles. The molecule has 5 heteroatoms. The lowest BCUT2D eigenvalue weighted by molar-refractivity contribution is 0.398. The third-order valence-corrected chi connectivity index (χ3v) is 3.35. The highest BCUT2D eigenvalue weighted by molar-refractivity contribution is 6.30. The van der Waals surface area contributed by atoms with E-state index in [1.54, 1.807) is 25.3 Å². The normalized spacial score (nSPS) is 13.8. The minimum absolute atomic E-state index is 0.384. The van der Waals surface area contributed by atoms with E-state index in [4.69, 9.17) is 22.1 Å². The second-order valence-corrected chi connectivity index (χ2v) is 5.35. The number of halogens is 2. The van der Waals surface area contributed by atoms with Gasteiger partial charge < -0.3 is 10.5 Å². The van der Waals surface area contributed by atoms with Crippen LogP contribution >= 0.6 is 11.6 Å². The fourth-order valence-corrected chi connectivity index (χ4v) is 2.28. The number of aromatic nitrogens is 1. The Hall–Kier alpha value is -1.65. The quantitative estimate of drug-likeness (QED) is 0.941. The second-order valence-electron chi connectivity index (χ2n) is 4.91. The van der Waals surface area contributed by atoms with Gasteiger partial charge >= 0.3 is 0 Å². The Morgan fingerprint density at radius 2 is 2.10 bits per heavy atom. The third-order valence-electron chi connectivity index (χ3n) is 3.11. The van der Waals surface area contributed by atoms with Crippen LogP contribution in [0, 0.1) is 5.82 Å². The minimum atomic E-state index is -0.744. The van der Waals surface area contributed by atoms with E-state index in [0.29, 0.717) is 22.9 Å². The van der Waals surface area contributed by atoms with Crippen molar-refractivity contribution in [3.8, 4) is 5.75 Å². The van der Waals surface area contributed by atoms with Crippen LogP contribution in [-0.4, -0.2) is 12.1 Å². The molecule has 3 nitrogen and oxygen atoms in total. The van der Waals surface area contributed by atoms with Gasteiger partial charge in [0.25, 0.3) is 0 Å². The molecule has 0 spiro atoms. The zero-order valence-corrected chi connectivity index (χ0v) is 12.1. The molecule has 0 saturated carbocycles. The van der Waals surface area contributed by atoms with Crippen molar-refractivity contribution in [3.63, 3.8) is 0 Å². The molecule has 1 unspecified atom stereocenters. The third kappa shape index (κ3) is 3.26. The molecule has 0 amide bonds. The van der Waals surface area contributed by atoms with Crippen LogP contribution in [0.2, 0.25) is 5.02 Å². The first-order chi connectivity index (χ1) is 9.42. The zero-order chi connectivity index (χ0) is 14.8. The Morgan fingerprint density at radius 3 is 2.70 bits per heavy atom. The number of pyridine rings is 1. The Kier molecular flexibility index (Phi) is 4.26. The first kappa shape index (κ1) is 14.8. The van der Waals surface area contributed by atoms with E-state index in [-0.39, 0.29) is 5.82 Å².